The van der Waals surface area contributed by atoms with Crippen molar-refractivity contribution in [3.05, 3.63) is 24.3 Å². The number of benzene rings is 1. The van der Waals surface area contributed by atoms with Crippen LogP contribution in [0.5, 0.6) is 5.75 Å². The highest BCUT2D eigenvalue weighted by atomic mass is 32.2. The van der Waals surface area contributed by atoms with Crippen LogP contribution in [0, 0.1) is 5.41 Å². The molecule has 0 atom stereocenters. The summed E-state index contributed by atoms with van der Waals surface area (Å²) in [5.41, 5.74) is 0.198. The molecule has 0 radical (unpaired) electrons. The molecule has 1 aliphatic heterocycles. The van der Waals surface area contributed by atoms with Gasteiger partial charge >= 0.3 is 0 Å². The molecule has 2 rings (SSSR count). The summed E-state index contributed by atoms with van der Waals surface area (Å²) < 4.78 is 26.6. The van der Waals surface area contributed by atoms with Crippen LogP contribution in [0.15, 0.2) is 29.2 Å². The molecule has 0 amide bonds. The molecular weight excluding hydrogens is 262 g/mol. The smallest absolute Gasteiger partial charge is 0.243 e. The van der Waals surface area contributed by atoms with E-state index in [4.69, 9.17) is 0 Å². The fourth-order valence-electron chi connectivity index (χ4n) is 2.43. The average molecular weight is 283 g/mol. The molecule has 0 unspecified atom stereocenters. The van der Waals surface area contributed by atoms with Crippen LogP contribution in [-0.2, 0) is 10.0 Å². The second-order valence-electron chi connectivity index (χ2n) is 5.92. The van der Waals surface area contributed by atoms with E-state index >= 15 is 0 Å². The van der Waals surface area contributed by atoms with Crippen LogP contribution in [-0.4, -0.2) is 30.9 Å². The lowest BCUT2D eigenvalue weighted by Crippen LogP contribution is -2.32. The minimum absolute atomic E-state index is 0.0174. The summed E-state index contributed by atoms with van der Waals surface area (Å²) in [5, 5.41) is 9.43. The molecule has 1 heterocycles. The minimum Gasteiger partial charge on any atom is -0.508 e. The van der Waals surface area contributed by atoms with Gasteiger partial charge in [0.2, 0.25) is 10.0 Å². The van der Waals surface area contributed by atoms with E-state index in [9.17, 15) is 13.5 Å². The maximum absolute atomic E-state index is 12.5. The number of phenols is 1. The number of hydrogen-bond acceptors (Lipinski definition) is 3. The maximum atomic E-state index is 12.5. The first-order chi connectivity index (χ1) is 8.81. The third kappa shape index (κ3) is 3.28. The molecule has 5 heteroatoms. The van der Waals surface area contributed by atoms with Crippen LogP contribution in [0.2, 0.25) is 0 Å². The molecular formula is C14H21NO3S. The largest absolute Gasteiger partial charge is 0.508 e. The Bertz CT molecular complexity index is 552. The summed E-state index contributed by atoms with van der Waals surface area (Å²) in [7, 11) is -3.48. The third-order valence-corrected chi connectivity index (χ3v) is 5.65. The molecule has 0 bridgehead atoms. The quantitative estimate of drug-likeness (QED) is 0.907. The Balaban J connectivity index is 2.25. The van der Waals surface area contributed by atoms with E-state index in [1.807, 2.05) is 0 Å². The monoisotopic (exact) mass is 283 g/mol. The van der Waals surface area contributed by atoms with Gasteiger partial charge in [-0.05, 0) is 42.9 Å². The fraction of sp³-hybridized carbons (Fsp3) is 0.571. The third-order valence-electron chi connectivity index (χ3n) is 3.75. The van der Waals surface area contributed by atoms with Gasteiger partial charge in [0.05, 0.1) is 4.90 Å². The molecule has 1 saturated heterocycles. The summed E-state index contributed by atoms with van der Waals surface area (Å²) in [4.78, 5) is 0.173. The molecule has 1 N–H and O–H groups in total. The van der Waals surface area contributed by atoms with Crippen LogP contribution in [0.25, 0.3) is 0 Å². The molecule has 1 aromatic carbocycles. The molecule has 4 nitrogen and oxygen atoms in total. The summed E-state index contributed by atoms with van der Waals surface area (Å²) in [6.07, 6.45) is 2.79. The SMILES string of the molecule is CC1(C)CCCN(S(=O)(=O)c2cccc(O)c2)CC1. The second-order valence-corrected chi connectivity index (χ2v) is 7.86. The standard InChI is InChI=1S/C14H21NO3S/c1-14(2)7-4-9-15(10-8-14)19(17,18)13-6-3-5-12(16)11-13/h3,5-6,11,16H,4,7-10H2,1-2H3. The number of rotatable bonds is 2. The van der Waals surface area contributed by atoms with E-state index in [0.717, 1.165) is 19.3 Å². The molecule has 106 valence electrons. The lowest BCUT2D eigenvalue weighted by Gasteiger charge is -2.23. The van der Waals surface area contributed by atoms with Gasteiger partial charge in [0.25, 0.3) is 0 Å². The van der Waals surface area contributed by atoms with Crippen molar-refractivity contribution in [1.82, 2.24) is 4.31 Å². The van der Waals surface area contributed by atoms with E-state index in [-0.39, 0.29) is 16.1 Å². The van der Waals surface area contributed by atoms with Gasteiger partial charge in [-0.1, -0.05) is 19.9 Å². The Morgan fingerprint density at radius 3 is 2.63 bits per heavy atom. The molecule has 1 fully saturated rings. The van der Waals surface area contributed by atoms with Crippen LogP contribution in [0.4, 0.5) is 0 Å². The molecule has 0 aromatic heterocycles. The Morgan fingerprint density at radius 2 is 1.95 bits per heavy atom. The summed E-state index contributed by atoms with van der Waals surface area (Å²) >= 11 is 0. The Kier molecular flexibility index (Phi) is 3.87. The van der Waals surface area contributed by atoms with Crippen molar-refractivity contribution in [3.63, 3.8) is 0 Å². The zero-order chi connectivity index (χ0) is 14.1. The van der Waals surface area contributed by atoms with E-state index in [2.05, 4.69) is 13.8 Å². The van der Waals surface area contributed by atoms with Crippen LogP contribution < -0.4 is 0 Å². The number of sulfonamides is 1. The Labute approximate surface area is 115 Å². The van der Waals surface area contributed by atoms with E-state index in [1.54, 1.807) is 6.07 Å². The zero-order valence-corrected chi connectivity index (χ0v) is 12.3. The summed E-state index contributed by atoms with van der Waals surface area (Å²) in [6, 6.07) is 5.88. The highest BCUT2D eigenvalue weighted by Crippen LogP contribution is 2.32. The lowest BCUT2D eigenvalue weighted by molar-refractivity contribution is 0.314. The van der Waals surface area contributed by atoms with Crippen molar-refractivity contribution in [2.24, 2.45) is 5.41 Å². The zero-order valence-electron chi connectivity index (χ0n) is 11.5. The number of hydrogen-bond donors (Lipinski definition) is 1. The van der Waals surface area contributed by atoms with Gasteiger partial charge < -0.3 is 5.11 Å². The second kappa shape index (κ2) is 5.13. The molecule has 0 aliphatic carbocycles. The number of aromatic hydroxyl groups is 1. The Hall–Kier alpha value is -1.07. The maximum Gasteiger partial charge on any atom is 0.243 e. The lowest BCUT2D eigenvalue weighted by atomic mass is 9.85. The van der Waals surface area contributed by atoms with Gasteiger partial charge in [0, 0.05) is 13.1 Å². The van der Waals surface area contributed by atoms with E-state index in [1.165, 1.54) is 22.5 Å². The number of phenolic OH excluding ortho intramolecular Hbond substituents is 1. The van der Waals surface area contributed by atoms with Crippen molar-refractivity contribution in [3.8, 4) is 5.75 Å². The Morgan fingerprint density at radius 1 is 1.21 bits per heavy atom. The predicted molar refractivity (Wildman–Crippen MR) is 74.5 cm³/mol. The van der Waals surface area contributed by atoms with Gasteiger partial charge in [0.15, 0.2) is 0 Å². The topological polar surface area (TPSA) is 57.6 Å². The van der Waals surface area contributed by atoms with Crippen LogP contribution in [0.3, 0.4) is 0 Å². The first kappa shape index (κ1) is 14.3. The molecule has 19 heavy (non-hydrogen) atoms. The molecule has 1 aromatic rings. The van der Waals surface area contributed by atoms with Crippen molar-refractivity contribution >= 4 is 10.0 Å². The highest BCUT2D eigenvalue weighted by molar-refractivity contribution is 7.89. The minimum atomic E-state index is -3.48. The van der Waals surface area contributed by atoms with Gasteiger partial charge in [-0.25, -0.2) is 8.42 Å². The van der Waals surface area contributed by atoms with Crippen LogP contribution >= 0.6 is 0 Å². The molecule has 1 aliphatic rings. The van der Waals surface area contributed by atoms with E-state index in [0.29, 0.717) is 13.1 Å². The highest BCUT2D eigenvalue weighted by Gasteiger charge is 2.30. The van der Waals surface area contributed by atoms with Crippen LogP contribution in [0.1, 0.15) is 33.1 Å². The molecule has 0 spiro atoms. The molecule has 0 saturated carbocycles. The number of nitrogens with zero attached hydrogens (tertiary/aromatic N) is 1. The normalized spacial score (nSPS) is 20.9. The first-order valence-electron chi connectivity index (χ1n) is 6.60. The summed E-state index contributed by atoms with van der Waals surface area (Å²) in [6.45, 7) is 5.46. The van der Waals surface area contributed by atoms with E-state index < -0.39 is 10.0 Å². The average Bonchev–Trinajstić information content (AvgIpc) is 2.50. The van der Waals surface area contributed by atoms with Crippen molar-refractivity contribution in [1.29, 1.82) is 0 Å². The first-order valence-corrected chi connectivity index (χ1v) is 8.04. The fourth-order valence-corrected chi connectivity index (χ4v) is 3.95. The van der Waals surface area contributed by atoms with Crippen molar-refractivity contribution in [2.45, 2.75) is 38.0 Å². The van der Waals surface area contributed by atoms with Gasteiger partial charge in [-0.15, -0.1) is 0 Å². The van der Waals surface area contributed by atoms with Crippen molar-refractivity contribution in [2.75, 3.05) is 13.1 Å². The van der Waals surface area contributed by atoms with Gasteiger partial charge in [-0.2, -0.15) is 4.31 Å². The summed E-state index contributed by atoms with van der Waals surface area (Å²) in [5.74, 6) is -0.0174. The van der Waals surface area contributed by atoms with Gasteiger partial charge in [-0.3, -0.25) is 0 Å². The van der Waals surface area contributed by atoms with Gasteiger partial charge in [0.1, 0.15) is 5.75 Å². The predicted octanol–water partition coefficient (Wildman–Crippen LogP) is 2.59. The van der Waals surface area contributed by atoms with Crippen molar-refractivity contribution < 1.29 is 13.5 Å².